The number of methoxy groups -OCH3 is 2. The summed E-state index contributed by atoms with van der Waals surface area (Å²) in [6, 6.07) is 9.32. The van der Waals surface area contributed by atoms with E-state index in [0.717, 1.165) is 35.6 Å². The molecule has 298 valence electrons. The third kappa shape index (κ3) is 13.6. The highest BCUT2D eigenvalue weighted by molar-refractivity contribution is 7.98. The lowest BCUT2D eigenvalue weighted by molar-refractivity contribution is -0.145. The zero-order chi connectivity index (χ0) is 39.7. The number of likely N-dealkylation sites (tertiary alicyclic amines) is 1. The third-order valence-corrected chi connectivity index (χ3v) is 11.9. The number of carbonyl (C=O) groups excluding carboxylic acids is 4. The molecule has 53 heavy (non-hydrogen) atoms. The minimum atomic E-state index is -0.569. The van der Waals surface area contributed by atoms with Crippen molar-refractivity contribution in [2.75, 3.05) is 46.9 Å². The molecule has 14 heteroatoms. The van der Waals surface area contributed by atoms with Gasteiger partial charge in [-0.2, -0.15) is 11.8 Å². The second-order valence-corrected chi connectivity index (χ2v) is 16.2. The van der Waals surface area contributed by atoms with Crippen molar-refractivity contribution in [3.8, 4) is 0 Å². The van der Waals surface area contributed by atoms with Crippen LogP contribution in [-0.2, 0) is 35.1 Å². The van der Waals surface area contributed by atoms with Crippen molar-refractivity contribution >= 4 is 46.7 Å². The molecule has 4 amide bonds. The van der Waals surface area contributed by atoms with Crippen molar-refractivity contribution in [1.82, 2.24) is 25.4 Å². The smallest absolute Gasteiger partial charge is 0.237 e. The van der Waals surface area contributed by atoms with Crippen molar-refractivity contribution in [2.45, 2.75) is 109 Å². The molecule has 1 saturated heterocycles. The minimum absolute atomic E-state index is 0.0398. The molecule has 0 saturated carbocycles. The molecule has 1 aromatic carbocycles. The van der Waals surface area contributed by atoms with Crippen molar-refractivity contribution in [2.24, 2.45) is 17.6 Å². The van der Waals surface area contributed by atoms with Gasteiger partial charge in [0.1, 0.15) is 5.01 Å². The first kappa shape index (κ1) is 46.1. The quantitative estimate of drug-likeness (QED) is 0.174. The number of aromatic nitrogens is 1. The average molecular weight is 777 g/mol. The number of carbonyl (C=O) groups is 4. The van der Waals surface area contributed by atoms with Crippen LogP contribution < -0.4 is 16.4 Å². The van der Waals surface area contributed by atoms with E-state index in [1.54, 1.807) is 58.0 Å². The average Bonchev–Trinajstić information content (AvgIpc) is 3.87. The summed E-state index contributed by atoms with van der Waals surface area (Å²) in [5.74, 6) is -0.0406. The Morgan fingerprint density at radius 3 is 2.34 bits per heavy atom. The highest BCUT2D eigenvalue weighted by Crippen LogP contribution is 2.30. The number of thioether (sulfide) groups is 1. The zero-order valence-electron chi connectivity index (χ0n) is 33.4. The summed E-state index contributed by atoms with van der Waals surface area (Å²) in [5, 5.41) is 8.76. The molecule has 1 aliphatic rings. The lowest BCUT2D eigenvalue weighted by Gasteiger charge is -2.39. The molecule has 4 N–H and O–H groups in total. The van der Waals surface area contributed by atoms with E-state index in [4.69, 9.17) is 15.2 Å². The second kappa shape index (κ2) is 23.0. The number of nitrogens with two attached hydrogens (primary N) is 1. The van der Waals surface area contributed by atoms with E-state index in [9.17, 15) is 19.2 Å². The fourth-order valence-corrected chi connectivity index (χ4v) is 7.64. The van der Waals surface area contributed by atoms with E-state index in [1.807, 2.05) is 60.8 Å². The molecule has 2 aromatic rings. The van der Waals surface area contributed by atoms with Crippen LogP contribution >= 0.6 is 23.1 Å². The fourth-order valence-electron chi connectivity index (χ4n) is 6.57. The first-order valence-corrected chi connectivity index (χ1v) is 20.8. The Hall–Kier alpha value is -3.04. The lowest BCUT2D eigenvalue weighted by Crippen LogP contribution is -2.53. The van der Waals surface area contributed by atoms with E-state index in [2.05, 4.69) is 29.5 Å². The molecule has 2 heterocycles. The molecule has 0 radical (unpaired) electrons. The summed E-state index contributed by atoms with van der Waals surface area (Å²) in [6.45, 7) is 10.1. The summed E-state index contributed by atoms with van der Waals surface area (Å²) in [5.41, 5.74) is 5.52. The molecule has 1 aliphatic heterocycles. The standard InChI is InChI=1S/C34H52N4O5S2.C5H12N2O/c1-8-23(2)31(37(4)29(39)16-19-44-7)28(42-5)22-30(40)38-18-12-15-27(38)32(43-6)24(3)33(41)36-26(34-35-17-20-45-34)21-25-13-10-9-11-14-25;1-5(2,7-3)4(6)8/h9-11,13-14,17,20,23-24,26-28,31-32H,8,12,15-16,18-19,21-22H2,1-7H3,(H,36,41);7H,1-3H3,(H2,6,8). The maximum atomic E-state index is 13.9. The molecule has 0 bridgehead atoms. The predicted octanol–water partition coefficient (Wildman–Crippen LogP) is 4.69. The van der Waals surface area contributed by atoms with Crippen LogP contribution in [0.1, 0.15) is 83.3 Å². The maximum Gasteiger partial charge on any atom is 0.237 e. The number of hydrogen-bond acceptors (Lipinski definition) is 10. The van der Waals surface area contributed by atoms with Crippen LogP contribution in [-0.4, -0.2) is 115 Å². The van der Waals surface area contributed by atoms with Crippen LogP contribution in [0, 0.1) is 11.8 Å². The van der Waals surface area contributed by atoms with E-state index in [0.29, 0.717) is 19.4 Å². The van der Waals surface area contributed by atoms with E-state index < -0.39 is 23.7 Å². The first-order valence-electron chi connectivity index (χ1n) is 18.5. The molecule has 1 aromatic heterocycles. The molecule has 0 spiro atoms. The number of rotatable bonds is 20. The van der Waals surface area contributed by atoms with Crippen molar-refractivity contribution in [1.29, 1.82) is 0 Å². The van der Waals surface area contributed by atoms with Gasteiger partial charge in [-0.15, -0.1) is 11.3 Å². The van der Waals surface area contributed by atoms with E-state index in [-0.39, 0.29) is 54.1 Å². The largest absolute Gasteiger partial charge is 0.379 e. The Bertz CT molecular complexity index is 1400. The van der Waals surface area contributed by atoms with Crippen LogP contribution in [0.5, 0.6) is 0 Å². The summed E-state index contributed by atoms with van der Waals surface area (Å²) < 4.78 is 11.9. The molecule has 7 atom stereocenters. The van der Waals surface area contributed by atoms with Gasteiger partial charge in [-0.1, -0.05) is 57.5 Å². The lowest BCUT2D eigenvalue weighted by atomic mass is 9.90. The van der Waals surface area contributed by atoms with Gasteiger partial charge in [0.2, 0.25) is 23.6 Å². The van der Waals surface area contributed by atoms with Crippen molar-refractivity contribution in [3.63, 3.8) is 0 Å². The summed E-state index contributed by atoms with van der Waals surface area (Å²) in [7, 11) is 6.76. The number of nitrogens with zero attached hydrogens (tertiary/aromatic N) is 3. The highest BCUT2D eigenvalue weighted by atomic mass is 32.2. The Balaban J connectivity index is 0.00000109. The Morgan fingerprint density at radius 1 is 1.15 bits per heavy atom. The van der Waals surface area contributed by atoms with Crippen LogP contribution in [0.15, 0.2) is 41.9 Å². The monoisotopic (exact) mass is 776 g/mol. The van der Waals surface area contributed by atoms with Crippen LogP contribution in [0.3, 0.4) is 0 Å². The highest BCUT2D eigenvalue weighted by Gasteiger charge is 2.42. The Labute approximate surface area is 325 Å². The van der Waals surface area contributed by atoms with Gasteiger partial charge >= 0.3 is 0 Å². The fraction of sp³-hybridized carbons (Fsp3) is 0.667. The van der Waals surface area contributed by atoms with Gasteiger partial charge in [0.15, 0.2) is 0 Å². The number of ether oxygens (including phenoxy) is 2. The second-order valence-electron chi connectivity index (χ2n) is 14.2. The maximum absolute atomic E-state index is 13.9. The summed E-state index contributed by atoms with van der Waals surface area (Å²) >= 11 is 3.17. The van der Waals surface area contributed by atoms with Gasteiger partial charge in [-0.3, -0.25) is 19.2 Å². The number of benzene rings is 1. The molecule has 1 fully saturated rings. The predicted molar refractivity (Wildman–Crippen MR) is 215 cm³/mol. The van der Waals surface area contributed by atoms with Gasteiger partial charge in [-0.25, -0.2) is 4.98 Å². The Morgan fingerprint density at radius 2 is 1.83 bits per heavy atom. The number of nitrogens with one attached hydrogen (secondary N) is 2. The molecule has 0 aliphatic carbocycles. The van der Waals surface area contributed by atoms with Gasteiger partial charge in [0.25, 0.3) is 0 Å². The van der Waals surface area contributed by atoms with Gasteiger partial charge in [0.05, 0.1) is 48.2 Å². The van der Waals surface area contributed by atoms with Crippen LogP contribution in [0.25, 0.3) is 0 Å². The van der Waals surface area contributed by atoms with Crippen LogP contribution in [0.2, 0.25) is 0 Å². The first-order chi connectivity index (χ1) is 25.2. The Kier molecular flexibility index (Phi) is 20.0. The zero-order valence-corrected chi connectivity index (χ0v) is 35.1. The minimum Gasteiger partial charge on any atom is -0.379 e. The van der Waals surface area contributed by atoms with E-state index in [1.165, 1.54) is 11.3 Å². The molecule has 12 nitrogen and oxygen atoms in total. The third-order valence-electron chi connectivity index (χ3n) is 10.4. The number of primary amides is 1. The molecule has 3 rings (SSSR count). The van der Waals surface area contributed by atoms with Gasteiger partial charge in [-0.05, 0) is 57.9 Å². The van der Waals surface area contributed by atoms with Crippen molar-refractivity contribution in [3.05, 3.63) is 52.5 Å². The number of amides is 4. The molecule has 7 unspecified atom stereocenters. The van der Waals surface area contributed by atoms with Crippen LogP contribution in [0.4, 0.5) is 0 Å². The number of likely N-dealkylation sites (N-methyl/N-ethyl adjacent to an activating group) is 2. The topological polar surface area (TPSA) is 156 Å². The summed E-state index contributed by atoms with van der Waals surface area (Å²) in [4.78, 5) is 59.2. The number of hydrogen-bond donors (Lipinski definition) is 3. The van der Waals surface area contributed by atoms with Gasteiger partial charge < -0.3 is 35.6 Å². The normalized spacial score (nSPS) is 17.8. The summed E-state index contributed by atoms with van der Waals surface area (Å²) in [6.07, 6.45) is 6.49. The molecular weight excluding hydrogens is 713 g/mol. The van der Waals surface area contributed by atoms with Crippen molar-refractivity contribution < 1.29 is 28.7 Å². The SMILES string of the molecule is CCC(C)C(C(CC(=O)N1CCCC1C(OC)C(C)C(=O)NC(Cc1ccccc1)c1nccs1)OC)N(C)C(=O)CCSC.CNC(C)(C)C(N)=O. The molecular formula is C39H64N6O6S2. The van der Waals surface area contributed by atoms with E-state index >= 15 is 0 Å². The van der Waals surface area contributed by atoms with Gasteiger partial charge in [0, 0.05) is 51.6 Å². The number of thiazole rings is 1.